The third-order valence-electron chi connectivity index (χ3n) is 3.05. The maximum Gasteiger partial charge on any atom is 0.101 e. The Hall–Kier alpha value is -1.33. The van der Waals surface area contributed by atoms with Gasteiger partial charge in [0.05, 0.1) is 40.2 Å². The fourth-order valence-electron chi connectivity index (χ4n) is 2.14. The summed E-state index contributed by atoms with van der Waals surface area (Å²) in [6.07, 6.45) is 6.05. The quantitative estimate of drug-likeness (QED) is 0.883. The van der Waals surface area contributed by atoms with Gasteiger partial charge in [-0.15, -0.1) is 11.3 Å². The standard InChI is InChI=1S/C12H14N4S/c1-8-12(17-7-15-8)11-6-13-5-10(16-11)9-3-2-4-14-9/h5-7,9,14H,2-4H2,1H3/t9-/m1/s1. The second-order valence-electron chi connectivity index (χ2n) is 4.25. The molecule has 1 atom stereocenters. The lowest BCUT2D eigenvalue weighted by atomic mass is 10.1. The summed E-state index contributed by atoms with van der Waals surface area (Å²) in [6, 6.07) is 0.371. The van der Waals surface area contributed by atoms with Gasteiger partial charge in [0.2, 0.25) is 0 Å². The third kappa shape index (κ3) is 2.08. The molecule has 1 aliphatic heterocycles. The van der Waals surface area contributed by atoms with Crippen molar-refractivity contribution in [3.8, 4) is 10.6 Å². The number of rotatable bonds is 2. The number of hydrogen-bond acceptors (Lipinski definition) is 5. The summed E-state index contributed by atoms with van der Waals surface area (Å²) in [6.45, 7) is 3.09. The van der Waals surface area contributed by atoms with Gasteiger partial charge in [-0.1, -0.05) is 0 Å². The molecule has 0 aromatic carbocycles. The molecule has 0 radical (unpaired) electrons. The van der Waals surface area contributed by atoms with Crippen LogP contribution in [0.25, 0.3) is 10.6 Å². The number of nitrogens with one attached hydrogen (secondary N) is 1. The van der Waals surface area contributed by atoms with E-state index >= 15 is 0 Å². The average molecular weight is 246 g/mol. The second kappa shape index (κ2) is 4.50. The first-order chi connectivity index (χ1) is 8.34. The van der Waals surface area contributed by atoms with Crippen molar-refractivity contribution in [3.05, 3.63) is 29.3 Å². The zero-order valence-corrected chi connectivity index (χ0v) is 10.5. The molecule has 1 N–H and O–H groups in total. The number of thiazole rings is 1. The zero-order chi connectivity index (χ0) is 11.7. The van der Waals surface area contributed by atoms with Crippen molar-refractivity contribution >= 4 is 11.3 Å². The zero-order valence-electron chi connectivity index (χ0n) is 9.68. The SMILES string of the molecule is Cc1ncsc1-c1cncc([C@H]2CCCN2)n1. The van der Waals surface area contributed by atoms with E-state index in [1.165, 1.54) is 6.42 Å². The Bertz CT molecular complexity index is 517. The largest absolute Gasteiger partial charge is 0.309 e. The van der Waals surface area contributed by atoms with Crippen molar-refractivity contribution < 1.29 is 0 Å². The van der Waals surface area contributed by atoms with Crippen molar-refractivity contribution in [1.29, 1.82) is 0 Å². The van der Waals surface area contributed by atoms with E-state index in [1.54, 1.807) is 11.3 Å². The smallest absolute Gasteiger partial charge is 0.101 e. The summed E-state index contributed by atoms with van der Waals surface area (Å²) in [5, 5.41) is 3.45. The van der Waals surface area contributed by atoms with Crippen LogP contribution < -0.4 is 5.32 Å². The molecule has 1 aliphatic rings. The highest BCUT2D eigenvalue weighted by atomic mass is 32.1. The van der Waals surface area contributed by atoms with E-state index in [4.69, 9.17) is 4.98 Å². The molecule has 1 saturated heterocycles. The van der Waals surface area contributed by atoms with Gasteiger partial charge in [-0.3, -0.25) is 4.98 Å². The van der Waals surface area contributed by atoms with Crippen LogP contribution in [0.4, 0.5) is 0 Å². The Morgan fingerprint density at radius 1 is 1.41 bits per heavy atom. The average Bonchev–Trinajstić information content (AvgIpc) is 2.99. The Labute approximate surface area is 104 Å². The minimum Gasteiger partial charge on any atom is -0.309 e. The molecule has 0 unspecified atom stereocenters. The van der Waals surface area contributed by atoms with Crippen LogP contribution in [0.1, 0.15) is 30.3 Å². The Morgan fingerprint density at radius 2 is 2.35 bits per heavy atom. The molecule has 0 aliphatic carbocycles. The fraction of sp³-hybridized carbons (Fsp3) is 0.417. The summed E-state index contributed by atoms with van der Waals surface area (Å²) in [5.74, 6) is 0. The van der Waals surface area contributed by atoms with Crippen LogP contribution in [0.15, 0.2) is 17.9 Å². The van der Waals surface area contributed by atoms with Crippen LogP contribution in [-0.4, -0.2) is 21.5 Å². The number of nitrogens with zero attached hydrogens (tertiary/aromatic N) is 3. The topological polar surface area (TPSA) is 50.7 Å². The summed E-state index contributed by atoms with van der Waals surface area (Å²) < 4.78 is 0. The van der Waals surface area contributed by atoms with Gasteiger partial charge >= 0.3 is 0 Å². The van der Waals surface area contributed by atoms with Crippen LogP contribution in [0, 0.1) is 6.92 Å². The lowest BCUT2D eigenvalue weighted by Gasteiger charge is -2.09. The number of aryl methyl sites for hydroxylation is 1. The molecule has 3 rings (SSSR count). The van der Waals surface area contributed by atoms with E-state index in [2.05, 4.69) is 15.3 Å². The van der Waals surface area contributed by atoms with Gasteiger partial charge in [0.15, 0.2) is 0 Å². The molecule has 5 heteroatoms. The Kier molecular flexibility index (Phi) is 2.86. The van der Waals surface area contributed by atoms with E-state index < -0.39 is 0 Å². The molecule has 3 heterocycles. The van der Waals surface area contributed by atoms with Crippen molar-refractivity contribution in [2.24, 2.45) is 0 Å². The van der Waals surface area contributed by atoms with Crippen molar-refractivity contribution in [2.45, 2.75) is 25.8 Å². The highest BCUT2D eigenvalue weighted by Crippen LogP contribution is 2.27. The van der Waals surface area contributed by atoms with E-state index in [1.807, 2.05) is 24.8 Å². The molecule has 0 amide bonds. The summed E-state index contributed by atoms with van der Waals surface area (Å²) >= 11 is 1.62. The van der Waals surface area contributed by atoms with E-state index in [0.29, 0.717) is 6.04 Å². The molecular formula is C12H14N4S. The van der Waals surface area contributed by atoms with Gasteiger partial charge in [0.1, 0.15) is 5.69 Å². The van der Waals surface area contributed by atoms with E-state index in [0.717, 1.165) is 34.9 Å². The summed E-state index contributed by atoms with van der Waals surface area (Å²) in [5.41, 5.74) is 4.87. The second-order valence-corrected chi connectivity index (χ2v) is 5.10. The van der Waals surface area contributed by atoms with Gasteiger partial charge in [-0.2, -0.15) is 0 Å². The van der Waals surface area contributed by atoms with Gasteiger partial charge in [-0.05, 0) is 26.3 Å². The highest BCUT2D eigenvalue weighted by molar-refractivity contribution is 7.13. The maximum absolute atomic E-state index is 4.70. The first kappa shape index (κ1) is 10.8. The molecule has 0 bridgehead atoms. The van der Waals surface area contributed by atoms with Crippen LogP contribution in [0.2, 0.25) is 0 Å². The van der Waals surface area contributed by atoms with Gasteiger partial charge in [-0.25, -0.2) is 9.97 Å². The summed E-state index contributed by atoms with van der Waals surface area (Å²) in [4.78, 5) is 14.4. The molecule has 0 saturated carbocycles. The fourth-order valence-corrected chi connectivity index (χ4v) is 2.90. The van der Waals surface area contributed by atoms with Crippen LogP contribution in [-0.2, 0) is 0 Å². The predicted molar refractivity (Wildman–Crippen MR) is 67.9 cm³/mol. The monoisotopic (exact) mass is 246 g/mol. The van der Waals surface area contributed by atoms with Crippen LogP contribution >= 0.6 is 11.3 Å². The lowest BCUT2D eigenvalue weighted by Crippen LogP contribution is -2.14. The minimum atomic E-state index is 0.371. The van der Waals surface area contributed by atoms with Crippen molar-refractivity contribution in [3.63, 3.8) is 0 Å². The first-order valence-electron chi connectivity index (χ1n) is 5.80. The molecule has 2 aromatic rings. The molecule has 2 aromatic heterocycles. The predicted octanol–water partition coefficient (Wildman–Crippen LogP) is 2.33. The number of hydrogen-bond donors (Lipinski definition) is 1. The van der Waals surface area contributed by atoms with E-state index in [9.17, 15) is 0 Å². The molecule has 0 spiro atoms. The highest BCUT2D eigenvalue weighted by Gasteiger charge is 2.18. The first-order valence-corrected chi connectivity index (χ1v) is 6.68. The molecule has 17 heavy (non-hydrogen) atoms. The lowest BCUT2D eigenvalue weighted by molar-refractivity contribution is 0.625. The molecule has 1 fully saturated rings. The Morgan fingerprint density at radius 3 is 3.06 bits per heavy atom. The van der Waals surface area contributed by atoms with Gasteiger partial charge in [0, 0.05) is 0 Å². The summed E-state index contributed by atoms with van der Waals surface area (Å²) in [7, 11) is 0. The van der Waals surface area contributed by atoms with E-state index in [-0.39, 0.29) is 0 Å². The minimum absolute atomic E-state index is 0.371. The maximum atomic E-state index is 4.70. The Balaban J connectivity index is 1.96. The van der Waals surface area contributed by atoms with Crippen LogP contribution in [0.3, 0.4) is 0 Å². The molecule has 88 valence electrons. The van der Waals surface area contributed by atoms with Crippen molar-refractivity contribution in [1.82, 2.24) is 20.3 Å². The van der Waals surface area contributed by atoms with Gasteiger partial charge in [0.25, 0.3) is 0 Å². The molecular weight excluding hydrogens is 232 g/mol. The van der Waals surface area contributed by atoms with Crippen LogP contribution in [0.5, 0.6) is 0 Å². The molecule has 4 nitrogen and oxygen atoms in total. The number of aromatic nitrogens is 3. The normalized spacial score (nSPS) is 19.7. The van der Waals surface area contributed by atoms with Gasteiger partial charge < -0.3 is 5.32 Å². The van der Waals surface area contributed by atoms with Crippen molar-refractivity contribution in [2.75, 3.05) is 6.54 Å². The third-order valence-corrected chi connectivity index (χ3v) is 4.00.